The number of nitrogens with zero attached hydrogens (tertiary/aromatic N) is 5. The molecule has 6 heteroatoms. The van der Waals surface area contributed by atoms with Crippen LogP contribution in [-0.2, 0) is 5.41 Å². The highest BCUT2D eigenvalue weighted by molar-refractivity contribution is 5.49. The van der Waals surface area contributed by atoms with Gasteiger partial charge in [-0.3, -0.25) is 0 Å². The zero-order chi connectivity index (χ0) is 16.6. The second-order valence-corrected chi connectivity index (χ2v) is 6.40. The van der Waals surface area contributed by atoms with Crippen molar-refractivity contribution >= 4 is 11.8 Å². The first-order valence-corrected chi connectivity index (χ1v) is 8.08. The number of hydrogen-bond acceptors (Lipinski definition) is 5. The van der Waals surface area contributed by atoms with Gasteiger partial charge in [0, 0.05) is 37.5 Å². The molecular weight excluding hydrogens is 300 g/mol. The Morgan fingerprint density at radius 3 is 2.62 bits per heavy atom. The first-order chi connectivity index (χ1) is 11.7. The fourth-order valence-electron chi connectivity index (χ4n) is 3.17. The maximum Gasteiger partial charge on any atom is 0.224 e. The topological polar surface area (TPSA) is 72.9 Å². The number of benzene rings is 1. The molecule has 0 bridgehead atoms. The minimum atomic E-state index is 0.224. The second kappa shape index (κ2) is 5.63. The first kappa shape index (κ1) is 14.7. The highest BCUT2D eigenvalue weighted by atomic mass is 15.3. The lowest BCUT2D eigenvalue weighted by atomic mass is 9.95. The molecule has 2 heterocycles. The Morgan fingerprint density at radius 1 is 1.17 bits per heavy atom. The van der Waals surface area contributed by atoms with E-state index in [0.717, 1.165) is 12.4 Å². The Bertz CT molecular complexity index is 824. The molecule has 1 aliphatic rings. The standard InChI is InChI=1S/C18H20N6/c1-23(13-18(8-9-18)14-6-3-2-4-7-14)15-12-16(22-17(19)21-15)24-11-5-10-20-24/h2-7,10-12H,8-9,13H2,1H3,(H2,19,21,22). The van der Waals surface area contributed by atoms with E-state index in [-0.39, 0.29) is 11.4 Å². The number of rotatable bonds is 5. The number of aromatic nitrogens is 4. The van der Waals surface area contributed by atoms with Crippen molar-refractivity contribution < 1.29 is 0 Å². The van der Waals surface area contributed by atoms with Crippen LogP contribution in [0, 0.1) is 0 Å². The molecule has 2 N–H and O–H groups in total. The van der Waals surface area contributed by atoms with Gasteiger partial charge in [0.25, 0.3) is 0 Å². The van der Waals surface area contributed by atoms with Gasteiger partial charge in [-0.2, -0.15) is 15.1 Å². The molecule has 0 unspecified atom stereocenters. The summed E-state index contributed by atoms with van der Waals surface area (Å²) < 4.78 is 1.69. The van der Waals surface area contributed by atoms with Crippen LogP contribution in [0.4, 0.5) is 11.8 Å². The highest BCUT2D eigenvalue weighted by Crippen LogP contribution is 2.48. The second-order valence-electron chi connectivity index (χ2n) is 6.40. The average Bonchev–Trinajstić information content (AvgIpc) is 3.17. The predicted octanol–water partition coefficient (Wildman–Crippen LogP) is 2.41. The lowest BCUT2D eigenvalue weighted by Crippen LogP contribution is -2.30. The minimum Gasteiger partial charge on any atom is -0.368 e. The van der Waals surface area contributed by atoms with E-state index >= 15 is 0 Å². The smallest absolute Gasteiger partial charge is 0.224 e. The molecule has 0 saturated heterocycles. The zero-order valence-electron chi connectivity index (χ0n) is 13.6. The van der Waals surface area contributed by atoms with E-state index in [0.29, 0.717) is 5.82 Å². The molecule has 6 nitrogen and oxygen atoms in total. The normalized spacial score (nSPS) is 15.2. The van der Waals surface area contributed by atoms with Gasteiger partial charge in [0.1, 0.15) is 5.82 Å². The maximum atomic E-state index is 5.90. The molecule has 0 amide bonds. The monoisotopic (exact) mass is 320 g/mol. The van der Waals surface area contributed by atoms with E-state index in [1.807, 2.05) is 18.3 Å². The van der Waals surface area contributed by atoms with Gasteiger partial charge in [0.15, 0.2) is 5.82 Å². The van der Waals surface area contributed by atoms with E-state index in [9.17, 15) is 0 Å². The Kier molecular flexibility index (Phi) is 3.45. The molecule has 24 heavy (non-hydrogen) atoms. The summed E-state index contributed by atoms with van der Waals surface area (Å²) in [5, 5.41) is 4.21. The number of nitrogens with two attached hydrogens (primary N) is 1. The minimum absolute atomic E-state index is 0.224. The Balaban J connectivity index is 1.60. The van der Waals surface area contributed by atoms with Gasteiger partial charge in [-0.1, -0.05) is 30.3 Å². The highest BCUT2D eigenvalue weighted by Gasteiger charge is 2.45. The van der Waals surface area contributed by atoms with Crippen molar-refractivity contribution in [3.05, 3.63) is 60.4 Å². The van der Waals surface area contributed by atoms with Crippen LogP contribution < -0.4 is 10.6 Å². The molecule has 122 valence electrons. The third-order valence-corrected chi connectivity index (χ3v) is 4.63. The van der Waals surface area contributed by atoms with Crippen LogP contribution in [0.3, 0.4) is 0 Å². The molecule has 3 aromatic rings. The van der Waals surface area contributed by atoms with Crippen LogP contribution in [0.15, 0.2) is 54.9 Å². The van der Waals surface area contributed by atoms with Crippen LogP contribution in [0.2, 0.25) is 0 Å². The van der Waals surface area contributed by atoms with Crippen molar-refractivity contribution in [2.75, 3.05) is 24.2 Å². The Hall–Kier alpha value is -2.89. The van der Waals surface area contributed by atoms with Gasteiger partial charge in [0.2, 0.25) is 5.95 Å². The molecule has 0 radical (unpaired) electrons. The van der Waals surface area contributed by atoms with Crippen LogP contribution in [0.25, 0.3) is 5.82 Å². The zero-order valence-corrected chi connectivity index (χ0v) is 13.6. The van der Waals surface area contributed by atoms with E-state index in [1.165, 1.54) is 18.4 Å². The molecule has 0 spiro atoms. The van der Waals surface area contributed by atoms with E-state index in [2.05, 4.69) is 57.3 Å². The van der Waals surface area contributed by atoms with Crippen molar-refractivity contribution in [3.8, 4) is 5.82 Å². The number of anilines is 2. The third kappa shape index (κ3) is 2.71. The van der Waals surface area contributed by atoms with Crippen molar-refractivity contribution in [1.82, 2.24) is 19.7 Å². The molecule has 2 aromatic heterocycles. The lowest BCUT2D eigenvalue weighted by Gasteiger charge is -2.25. The van der Waals surface area contributed by atoms with E-state index in [4.69, 9.17) is 5.73 Å². The summed E-state index contributed by atoms with van der Waals surface area (Å²) in [6.45, 7) is 0.909. The van der Waals surface area contributed by atoms with Crippen LogP contribution >= 0.6 is 0 Å². The van der Waals surface area contributed by atoms with Crippen molar-refractivity contribution in [3.63, 3.8) is 0 Å². The van der Waals surface area contributed by atoms with Crippen LogP contribution in [-0.4, -0.2) is 33.3 Å². The molecule has 1 saturated carbocycles. The quantitative estimate of drug-likeness (QED) is 0.781. The van der Waals surface area contributed by atoms with Gasteiger partial charge in [-0.25, -0.2) is 4.68 Å². The lowest BCUT2D eigenvalue weighted by molar-refractivity contribution is 0.667. The number of likely N-dealkylation sites (N-methyl/N-ethyl adjacent to an activating group) is 1. The summed E-state index contributed by atoms with van der Waals surface area (Å²) in [6.07, 6.45) is 5.97. The molecular formula is C18H20N6. The van der Waals surface area contributed by atoms with Gasteiger partial charge < -0.3 is 10.6 Å². The van der Waals surface area contributed by atoms with E-state index < -0.39 is 0 Å². The van der Waals surface area contributed by atoms with Crippen LogP contribution in [0.5, 0.6) is 0 Å². The average molecular weight is 320 g/mol. The fourth-order valence-corrected chi connectivity index (χ4v) is 3.17. The van der Waals surface area contributed by atoms with Gasteiger partial charge >= 0.3 is 0 Å². The summed E-state index contributed by atoms with van der Waals surface area (Å²) in [4.78, 5) is 10.8. The summed E-state index contributed by atoms with van der Waals surface area (Å²) in [6, 6.07) is 14.5. The van der Waals surface area contributed by atoms with Gasteiger partial charge in [-0.05, 0) is 24.5 Å². The van der Waals surface area contributed by atoms with Gasteiger partial charge in [0.05, 0.1) is 0 Å². The largest absolute Gasteiger partial charge is 0.368 e. The van der Waals surface area contributed by atoms with Crippen molar-refractivity contribution in [2.45, 2.75) is 18.3 Å². The fraction of sp³-hybridized carbons (Fsp3) is 0.278. The molecule has 0 aliphatic heterocycles. The van der Waals surface area contributed by atoms with Crippen molar-refractivity contribution in [2.24, 2.45) is 0 Å². The summed E-state index contributed by atoms with van der Waals surface area (Å²) in [7, 11) is 2.05. The molecule has 1 fully saturated rings. The summed E-state index contributed by atoms with van der Waals surface area (Å²) >= 11 is 0. The molecule has 1 aliphatic carbocycles. The Morgan fingerprint density at radius 2 is 1.96 bits per heavy atom. The van der Waals surface area contributed by atoms with Gasteiger partial charge in [-0.15, -0.1) is 0 Å². The number of nitrogen functional groups attached to an aromatic ring is 1. The maximum absolute atomic E-state index is 5.90. The molecule has 1 aromatic carbocycles. The Labute approximate surface area is 141 Å². The predicted molar refractivity (Wildman–Crippen MR) is 94.2 cm³/mol. The summed E-state index contributed by atoms with van der Waals surface area (Å²) in [5.41, 5.74) is 7.52. The van der Waals surface area contributed by atoms with E-state index in [1.54, 1.807) is 10.9 Å². The molecule has 4 rings (SSSR count). The first-order valence-electron chi connectivity index (χ1n) is 8.08. The SMILES string of the molecule is CN(CC1(c2ccccc2)CC1)c1cc(-n2cccn2)nc(N)n1. The number of hydrogen-bond donors (Lipinski definition) is 1. The van der Waals surface area contributed by atoms with Crippen LogP contribution in [0.1, 0.15) is 18.4 Å². The third-order valence-electron chi connectivity index (χ3n) is 4.63. The molecule has 0 atom stereocenters. The summed E-state index contributed by atoms with van der Waals surface area (Å²) in [5.74, 6) is 1.75. The van der Waals surface area contributed by atoms with Crippen molar-refractivity contribution in [1.29, 1.82) is 0 Å².